The highest BCUT2D eigenvalue weighted by atomic mass is 16.1. The third-order valence-corrected chi connectivity index (χ3v) is 5.20. The van der Waals surface area contributed by atoms with Gasteiger partial charge in [0.05, 0.1) is 22.3 Å². The summed E-state index contributed by atoms with van der Waals surface area (Å²) in [7, 11) is 0. The van der Waals surface area contributed by atoms with Crippen molar-refractivity contribution in [1.29, 1.82) is 0 Å². The van der Waals surface area contributed by atoms with Gasteiger partial charge < -0.3 is 0 Å². The SMILES string of the molecule is Cc1ccc(-n2[nH]c(C)c(-c3c4ccccc4nc4ccccc34)c2=O)cc1. The Kier molecular flexibility index (Phi) is 3.66. The van der Waals surface area contributed by atoms with Crippen LogP contribution in [0.15, 0.2) is 77.6 Å². The van der Waals surface area contributed by atoms with Crippen molar-refractivity contribution in [2.75, 3.05) is 0 Å². The van der Waals surface area contributed by atoms with E-state index in [1.165, 1.54) is 0 Å². The van der Waals surface area contributed by atoms with Crippen molar-refractivity contribution in [3.8, 4) is 16.8 Å². The number of pyridine rings is 1. The highest BCUT2D eigenvalue weighted by Gasteiger charge is 2.19. The third kappa shape index (κ3) is 2.46. The lowest BCUT2D eigenvalue weighted by atomic mass is 9.96. The van der Waals surface area contributed by atoms with Crippen LogP contribution in [0.5, 0.6) is 0 Å². The van der Waals surface area contributed by atoms with Crippen LogP contribution in [0.1, 0.15) is 11.3 Å². The Labute approximate surface area is 162 Å². The summed E-state index contributed by atoms with van der Waals surface area (Å²) in [4.78, 5) is 18.3. The van der Waals surface area contributed by atoms with Crippen molar-refractivity contribution in [1.82, 2.24) is 14.8 Å². The van der Waals surface area contributed by atoms with E-state index in [9.17, 15) is 4.79 Å². The molecule has 2 heterocycles. The molecular weight excluding hydrogens is 346 g/mol. The summed E-state index contributed by atoms with van der Waals surface area (Å²) in [6, 6.07) is 23.9. The maximum Gasteiger partial charge on any atom is 0.279 e. The van der Waals surface area contributed by atoms with E-state index in [-0.39, 0.29) is 5.56 Å². The molecule has 136 valence electrons. The summed E-state index contributed by atoms with van der Waals surface area (Å²) in [6.45, 7) is 3.98. The number of aromatic amines is 1. The molecule has 0 aliphatic carbocycles. The maximum absolute atomic E-state index is 13.5. The van der Waals surface area contributed by atoms with Crippen LogP contribution in [0.4, 0.5) is 0 Å². The second kappa shape index (κ2) is 6.20. The molecule has 5 aromatic rings. The lowest BCUT2D eigenvalue weighted by Crippen LogP contribution is -2.15. The molecule has 0 aliphatic rings. The van der Waals surface area contributed by atoms with Crippen molar-refractivity contribution >= 4 is 21.8 Å². The van der Waals surface area contributed by atoms with Gasteiger partial charge in [-0.25, -0.2) is 9.67 Å². The smallest absolute Gasteiger partial charge is 0.279 e. The van der Waals surface area contributed by atoms with E-state index in [4.69, 9.17) is 4.98 Å². The van der Waals surface area contributed by atoms with E-state index >= 15 is 0 Å². The molecule has 5 rings (SSSR count). The number of nitrogens with one attached hydrogen (secondary N) is 1. The van der Waals surface area contributed by atoms with E-state index in [1.54, 1.807) is 4.68 Å². The first kappa shape index (κ1) is 16.5. The van der Waals surface area contributed by atoms with Crippen molar-refractivity contribution in [3.63, 3.8) is 0 Å². The molecule has 0 saturated carbocycles. The van der Waals surface area contributed by atoms with Crippen LogP contribution in [0.2, 0.25) is 0 Å². The summed E-state index contributed by atoms with van der Waals surface area (Å²) in [5.74, 6) is 0. The Balaban J connectivity index is 1.88. The predicted octanol–water partition coefficient (Wildman–Crippen LogP) is 5.15. The summed E-state index contributed by atoms with van der Waals surface area (Å²) in [6.07, 6.45) is 0. The lowest BCUT2D eigenvalue weighted by Gasteiger charge is -2.09. The lowest BCUT2D eigenvalue weighted by molar-refractivity contribution is 0.835. The number of fused-ring (bicyclic) bond motifs is 2. The number of aromatic nitrogens is 3. The van der Waals surface area contributed by atoms with E-state index in [2.05, 4.69) is 5.10 Å². The van der Waals surface area contributed by atoms with E-state index in [1.807, 2.05) is 86.6 Å². The Morgan fingerprint density at radius 3 is 1.93 bits per heavy atom. The van der Waals surface area contributed by atoms with Crippen LogP contribution < -0.4 is 5.56 Å². The molecule has 0 saturated heterocycles. The van der Waals surface area contributed by atoms with Crippen LogP contribution in [0, 0.1) is 13.8 Å². The van der Waals surface area contributed by atoms with E-state index in [0.29, 0.717) is 5.56 Å². The molecule has 2 aromatic heterocycles. The number of H-pyrrole nitrogens is 1. The molecule has 4 heteroatoms. The molecule has 0 bridgehead atoms. The van der Waals surface area contributed by atoms with Crippen molar-refractivity contribution < 1.29 is 0 Å². The summed E-state index contributed by atoms with van der Waals surface area (Å²) >= 11 is 0. The molecule has 0 fully saturated rings. The minimum absolute atomic E-state index is 0.0529. The molecule has 3 aromatic carbocycles. The highest BCUT2D eigenvalue weighted by Crippen LogP contribution is 2.34. The van der Waals surface area contributed by atoms with Gasteiger partial charge in [0.15, 0.2) is 0 Å². The van der Waals surface area contributed by atoms with Crippen LogP contribution in [-0.2, 0) is 0 Å². The minimum Gasteiger partial charge on any atom is -0.295 e. The molecule has 0 amide bonds. The Morgan fingerprint density at radius 2 is 1.32 bits per heavy atom. The van der Waals surface area contributed by atoms with Gasteiger partial charge in [0.2, 0.25) is 0 Å². The summed E-state index contributed by atoms with van der Waals surface area (Å²) in [5, 5.41) is 5.23. The van der Waals surface area contributed by atoms with Gasteiger partial charge in [-0.1, -0.05) is 54.1 Å². The standard InChI is InChI=1S/C24H19N3O/c1-15-11-13-17(14-12-15)27-24(28)22(16(2)26-27)23-18-7-3-5-9-20(18)25-21-10-6-4-8-19(21)23/h3-14,26H,1-2H3. The molecule has 0 radical (unpaired) electrons. The van der Waals surface area contributed by atoms with Gasteiger partial charge in [0.1, 0.15) is 0 Å². The quantitative estimate of drug-likeness (QED) is 0.440. The molecule has 0 aliphatic heterocycles. The number of hydrogen-bond acceptors (Lipinski definition) is 2. The average molecular weight is 365 g/mol. The molecular formula is C24H19N3O. The number of benzene rings is 3. The number of nitrogens with zero attached hydrogens (tertiary/aromatic N) is 2. The van der Waals surface area contributed by atoms with Crippen molar-refractivity contribution in [2.45, 2.75) is 13.8 Å². The minimum atomic E-state index is -0.0529. The molecule has 4 nitrogen and oxygen atoms in total. The largest absolute Gasteiger partial charge is 0.295 e. The summed E-state index contributed by atoms with van der Waals surface area (Å²) < 4.78 is 1.62. The van der Waals surface area contributed by atoms with Crippen LogP contribution in [-0.4, -0.2) is 14.8 Å². The first-order chi connectivity index (χ1) is 13.6. The maximum atomic E-state index is 13.5. The average Bonchev–Trinajstić information content (AvgIpc) is 3.01. The first-order valence-corrected chi connectivity index (χ1v) is 9.30. The Morgan fingerprint density at radius 1 is 0.750 bits per heavy atom. The van der Waals surface area contributed by atoms with Gasteiger partial charge in [-0.3, -0.25) is 9.89 Å². The summed E-state index contributed by atoms with van der Waals surface area (Å²) in [5.41, 5.74) is 6.17. The zero-order valence-electron chi connectivity index (χ0n) is 15.7. The van der Waals surface area contributed by atoms with Crippen molar-refractivity contribution in [3.05, 3.63) is 94.4 Å². The highest BCUT2D eigenvalue weighted by molar-refractivity contribution is 6.09. The number of aryl methyl sites for hydroxylation is 2. The predicted molar refractivity (Wildman–Crippen MR) is 114 cm³/mol. The van der Waals surface area contributed by atoms with Gasteiger partial charge in [0.25, 0.3) is 5.56 Å². The zero-order valence-corrected chi connectivity index (χ0v) is 15.7. The van der Waals surface area contributed by atoms with Gasteiger partial charge in [-0.05, 0) is 38.1 Å². The molecule has 1 N–H and O–H groups in total. The number of para-hydroxylation sites is 2. The van der Waals surface area contributed by atoms with Gasteiger partial charge in [-0.15, -0.1) is 0 Å². The second-order valence-electron chi connectivity index (χ2n) is 7.11. The van der Waals surface area contributed by atoms with E-state index < -0.39 is 0 Å². The van der Waals surface area contributed by atoms with Crippen LogP contribution in [0.25, 0.3) is 38.6 Å². The zero-order chi connectivity index (χ0) is 19.3. The van der Waals surface area contributed by atoms with Crippen molar-refractivity contribution in [2.24, 2.45) is 0 Å². The van der Waals surface area contributed by atoms with Gasteiger partial charge in [-0.2, -0.15) is 0 Å². The Hall–Kier alpha value is -3.66. The fourth-order valence-corrected chi connectivity index (χ4v) is 3.83. The van der Waals surface area contributed by atoms with E-state index in [0.717, 1.165) is 44.3 Å². The Bertz CT molecular complexity index is 1340. The molecule has 0 spiro atoms. The number of hydrogen-bond donors (Lipinski definition) is 1. The topological polar surface area (TPSA) is 50.7 Å². The van der Waals surface area contributed by atoms with Crippen LogP contribution >= 0.6 is 0 Å². The first-order valence-electron chi connectivity index (χ1n) is 9.30. The fourth-order valence-electron chi connectivity index (χ4n) is 3.83. The third-order valence-electron chi connectivity index (χ3n) is 5.20. The normalized spacial score (nSPS) is 11.4. The van der Waals surface area contributed by atoms with Gasteiger partial charge >= 0.3 is 0 Å². The molecule has 28 heavy (non-hydrogen) atoms. The second-order valence-corrected chi connectivity index (χ2v) is 7.11. The molecule has 0 unspecified atom stereocenters. The fraction of sp³-hybridized carbons (Fsp3) is 0.0833. The molecule has 0 atom stereocenters. The number of rotatable bonds is 2. The van der Waals surface area contributed by atoms with Crippen LogP contribution in [0.3, 0.4) is 0 Å². The monoisotopic (exact) mass is 365 g/mol. The van der Waals surface area contributed by atoms with Gasteiger partial charge in [0, 0.05) is 22.0 Å².